The first-order valence-corrected chi connectivity index (χ1v) is 3.28. The monoisotopic (exact) mass is 132 g/mol. The number of fused-ring (bicyclic) bond motifs is 1. The SMILES string of the molecule is [C]1NCc2ccccc2N1. The van der Waals surface area contributed by atoms with Crippen molar-refractivity contribution >= 4 is 5.69 Å². The van der Waals surface area contributed by atoms with Gasteiger partial charge in [-0.1, -0.05) is 18.2 Å². The molecule has 0 bridgehead atoms. The fraction of sp³-hybridized carbons (Fsp3) is 0.125. The van der Waals surface area contributed by atoms with Crippen LogP contribution in [0.4, 0.5) is 5.69 Å². The first kappa shape index (κ1) is 5.74. The minimum absolute atomic E-state index is 0.878. The first-order valence-electron chi connectivity index (χ1n) is 3.28. The normalized spacial score (nSPS) is 15.6. The van der Waals surface area contributed by atoms with E-state index in [1.165, 1.54) is 5.56 Å². The summed E-state index contributed by atoms with van der Waals surface area (Å²) in [5, 5.41) is 5.98. The van der Waals surface area contributed by atoms with Crippen LogP contribution in [0.1, 0.15) is 5.56 Å². The van der Waals surface area contributed by atoms with Crippen LogP contribution in [0.15, 0.2) is 24.3 Å². The van der Waals surface area contributed by atoms with Crippen LogP contribution >= 0.6 is 0 Å². The molecule has 0 aliphatic carbocycles. The average molecular weight is 132 g/mol. The maximum Gasteiger partial charge on any atom is 0.171 e. The zero-order chi connectivity index (χ0) is 6.81. The van der Waals surface area contributed by atoms with E-state index in [1.807, 2.05) is 18.2 Å². The zero-order valence-corrected chi connectivity index (χ0v) is 5.52. The standard InChI is InChI=1S/C8H8N2/c1-2-4-8-7(3-1)5-9-6-10-8/h1-4,9-10H,5H2. The Hall–Kier alpha value is -1.02. The van der Waals surface area contributed by atoms with E-state index in [4.69, 9.17) is 0 Å². The molecule has 2 heteroatoms. The summed E-state index contributed by atoms with van der Waals surface area (Å²) in [7, 11) is 0. The van der Waals surface area contributed by atoms with E-state index >= 15 is 0 Å². The Kier molecular flexibility index (Phi) is 1.32. The summed E-state index contributed by atoms with van der Waals surface area (Å²) >= 11 is 0. The molecule has 0 aromatic heterocycles. The molecule has 0 spiro atoms. The molecule has 10 heavy (non-hydrogen) atoms. The molecule has 2 rings (SSSR count). The summed E-state index contributed by atoms with van der Waals surface area (Å²) in [5.41, 5.74) is 2.45. The number of hydrogen-bond acceptors (Lipinski definition) is 2. The topological polar surface area (TPSA) is 24.1 Å². The lowest BCUT2D eigenvalue weighted by Gasteiger charge is -2.16. The fourth-order valence-corrected chi connectivity index (χ4v) is 1.05. The van der Waals surface area contributed by atoms with Gasteiger partial charge in [-0.3, -0.25) is 5.32 Å². The first-order chi connectivity index (χ1) is 4.97. The van der Waals surface area contributed by atoms with Crippen LogP contribution < -0.4 is 10.6 Å². The second-order valence-corrected chi connectivity index (χ2v) is 2.26. The minimum Gasteiger partial charge on any atom is -0.361 e. The molecular formula is C8H8N2. The summed E-state index contributed by atoms with van der Waals surface area (Å²) in [6.07, 6.45) is 0. The van der Waals surface area contributed by atoms with E-state index in [1.54, 1.807) is 0 Å². The third-order valence-corrected chi connectivity index (χ3v) is 1.58. The Morgan fingerprint density at radius 1 is 1.30 bits per heavy atom. The summed E-state index contributed by atoms with van der Waals surface area (Å²) in [4.78, 5) is 0. The van der Waals surface area contributed by atoms with Crippen LogP contribution in [0, 0.1) is 6.67 Å². The number of nitrogens with one attached hydrogen (secondary N) is 2. The highest BCUT2D eigenvalue weighted by atomic mass is 15.1. The van der Waals surface area contributed by atoms with Gasteiger partial charge in [0.05, 0.1) is 0 Å². The lowest BCUT2D eigenvalue weighted by molar-refractivity contribution is 0.786. The molecule has 0 atom stereocenters. The summed E-state index contributed by atoms with van der Waals surface area (Å²) in [6, 6.07) is 8.19. The molecule has 2 nitrogen and oxygen atoms in total. The lowest BCUT2D eigenvalue weighted by Crippen LogP contribution is -2.21. The highest BCUT2D eigenvalue weighted by molar-refractivity contribution is 5.53. The van der Waals surface area contributed by atoms with E-state index in [9.17, 15) is 0 Å². The zero-order valence-electron chi connectivity index (χ0n) is 5.52. The molecule has 0 saturated heterocycles. The van der Waals surface area contributed by atoms with Gasteiger partial charge in [0.15, 0.2) is 6.67 Å². The van der Waals surface area contributed by atoms with Gasteiger partial charge in [0.25, 0.3) is 0 Å². The predicted octanol–water partition coefficient (Wildman–Crippen LogP) is 1.20. The highest BCUT2D eigenvalue weighted by Gasteiger charge is 2.05. The van der Waals surface area contributed by atoms with E-state index in [2.05, 4.69) is 23.4 Å². The van der Waals surface area contributed by atoms with Crippen LogP contribution in [0.3, 0.4) is 0 Å². The van der Waals surface area contributed by atoms with Gasteiger partial charge in [-0.15, -0.1) is 0 Å². The Bertz CT molecular complexity index is 207. The molecule has 0 saturated carbocycles. The van der Waals surface area contributed by atoms with Crippen LogP contribution in [-0.4, -0.2) is 0 Å². The minimum atomic E-state index is 0.878. The van der Waals surface area contributed by atoms with Crippen molar-refractivity contribution in [1.29, 1.82) is 0 Å². The predicted molar refractivity (Wildman–Crippen MR) is 40.1 cm³/mol. The second kappa shape index (κ2) is 2.31. The Balaban J connectivity index is 2.41. The van der Waals surface area contributed by atoms with Crippen molar-refractivity contribution in [3.05, 3.63) is 36.5 Å². The molecule has 0 fully saturated rings. The molecule has 1 aliphatic rings. The van der Waals surface area contributed by atoms with Crippen LogP contribution in [0.25, 0.3) is 0 Å². The molecule has 1 heterocycles. The number of benzene rings is 1. The second-order valence-electron chi connectivity index (χ2n) is 2.26. The third kappa shape index (κ3) is 0.866. The molecule has 2 N–H and O–H groups in total. The van der Waals surface area contributed by atoms with Crippen molar-refractivity contribution in [2.75, 3.05) is 5.32 Å². The Labute approximate surface area is 60.3 Å². The van der Waals surface area contributed by atoms with Gasteiger partial charge in [-0.25, -0.2) is 0 Å². The van der Waals surface area contributed by atoms with Crippen LogP contribution in [0.2, 0.25) is 0 Å². The van der Waals surface area contributed by atoms with Crippen molar-refractivity contribution < 1.29 is 0 Å². The van der Waals surface area contributed by atoms with Crippen molar-refractivity contribution in [2.45, 2.75) is 6.54 Å². The van der Waals surface area contributed by atoms with Crippen LogP contribution in [-0.2, 0) is 6.54 Å². The van der Waals surface area contributed by atoms with Crippen molar-refractivity contribution in [1.82, 2.24) is 5.32 Å². The maximum atomic E-state index is 3.00. The third-order valence-electron chi connectivity index (χ3n) is 1.58. The fourth-order valence-electron chi connectivity index (χ4n) is 1.05. The van der Waals surface area contributed by atoms with Gasteiger partial charge in [0.2, 0.25) is 0 Å². The summed E-state index contributed by atoms with van der Waals surface area (Å²) in [6.45, 7) is 3.72. The summed E-state index contributed by atoms with van der Waals surface area (Å²) < 4.78 is 0. The molecule has 0 amide bonds. The van der Waals surface area contributed by atoms with Crippen LogP contribution in [0.5, 0.6) is 0 Å². The van der Waals surface area contributed by atoms with Crippen molar-refractivity contribution in [3.8, 4) is 0 Å². The number of anilines is 1. The van der Waals surface area contributed by atoms with Gasteiger partial charge >= 0.3 is 0 Å². The average Bonchev–Trinajstić information content (AvgIpc) is 2.05. The van der Waals surface area contributed by atoms with Crippen molar-refractivity contribution in [2.24, 2.45) is 0 Å². The van der Waals surface area contributed by atoms with E-state index < -0.39 is 0 Å². The van der Waals surface area contributed by atoms with Crippen molar-refractivity contribution in [3.63, 3.8) is 0 Å². The van der Waals surface area contributed by atoms with E-state index in [-0.39, 0.29) is 0 Å². The van der Waals surface area contributed by atoms with Gasteiger partial charge in [0.1, 0.15) is 0 Å². The van der Waals surface area contributed by atoms with Gasteiger partial charge in [-0.2, -0.15) is 0 Å². The lowest BCUT2D eigenvalue weighted by atomic mass is 10.1. The van der Waals surface area contributed by atoms with Gasteiger partial charge < -0.3 is 5.32 Å². The largest absolute Gasteiger partial charge is 0.361 e. The number of para-hydroxylation sites is 1. The molecule has 50 valence electrons. The quantitative estimate of drug-likeness (QED) is 0.554. The molecule has 0 unspecified atom stereocenters. The molecule has 1 aliphatic heterocycles. The van der Waals surface area contributed by atoms with E-state index in [0.717, 1.165) is 12.2 Å². The molecule has 2 radical (unpaired) electrons. The van der Waals surface area contributed by atoms with Gasteiger partial charge in [-0.05, 0) is 11.6 Å². The smallest absolute Gasteiger partial charge is 0.171 e. The molecule has 1 aromatic carbocycles. The Morgan fingerprint density at radius 2 is 2.20 bits per heavy atom. The Morgan fingerprint density at radius 3 is 3.10 bits per heavy atom. The number of hydrogen-bond donors (Lipinski definition) is 2. The highest BCUT2D eigenvalue weighted by Crippen LogP contribution is 2.17. The van der Waals surface area contributed by atoms with Gasteiger partial charge in [0, 0.05) is 12.2 Å². The maximum absolute atomic E-state index is 3.00. The molecule has 1 aromatic rings. The summed E-state index contributed by atoms with van der Waals surface area (Å²) in [5.74, 6) is 0. The number of rotatable bonds is 0. The molecular weight excluding hydrogens is 124 g/mol. The van der Waals surface area contributed by atoms with E-state index in [0.29, 0.717) is 0 Å².